The van der Waals surface area contributed by atoms with E-state index in [0.29, 0.717) is 0 Å². The summed E-state index contributed by atoms with van der Waals surface area (Å²) < 4.78 is 29.5. The first-order chi connectivity index (χ1) is 9.93. The van der Waals surface area contributed by atoms with Gasteiger partial charge in [-0.1, -0.05) is 19.1 Å². The molecule has 1 aliphatic rings. The summed E-state index contributed by atoms with van der Waals surface area (Å²) in [5, 5.41) is 2.93. The van der Waals surface area contributed by atoms with Crippen molar-refractivity contribution < 1.29 is 13.2 Å². The summed E-state index contributed by atoms with van der Waals surface area (Å²) in [4.78, 5) is 0. The van der Waals surface area contributed by atoms with Crippen molar-refractivity contribution in [3.63, 3.8) is 0 Å². The zero-order valence-corrected chi connectivity index (χ0v) is 13.9. The van der Waals surface area contributed by atoms with Gasteiger partial charge in [-0.2, -0.15) is 0 Å². The number of aryl methyl sites for hydroxylation is 1. The van der Waals surface area contributed by atoms with Crippen LogP contribution in [0, 0.1) is 0 Å². The summed E-state index contributed by atoms with van der Waals surface area (Å²) in [6, 6.07) is 5.88. The van der Waals surface area contributed by atoms with Gasteiger partial charge in [-0.25, -0.2) is 8.42 Å². The molecule has 2 unspecified atom stereocenters. The minimum absolute atomic E-state index is 0.174. The van der Waals surface area contributed by atoms with Gasteiger partial charge in [0.05, 0.1) is 11.9 Å². The highest BCUT2D eigenvalue weighted by Gasteiger charge is 2.27. The molecule has 0 saturated carbocycles. The monoisotopic (exact) mass is 311 g/mol. The van der Waals surface area contributed by atoms with Crippen LogP contribution in [0.15, 0.2) is 18.2 Å². The van der Waals surface area contributed by atoms with Crippen molar-refractivity contribution >= 4 is 9.84 Å². The van der Waals surface area contributed by atoms with E-state index in [9.17, 15) is 8.42 Å². The summed E-state index contributed by atoms with van der Waals surface area (Å²) in [5.74, 6) is 0.936. The van der Waals surface area contributed by atoms with Crippen LogP contribution in [0.4, 0.5) is 0 Å². The van der Waals surface area contributed by atoms with Crippen LogP contribution in [0.1, 0.15) is 43.9 Å². The van der Waals surface area contributed by atoms with E-state index in [1.165, 1.54) is 11.8 Å². The number of sulfone groups is 1. The average Bonchev–Trinajstić information content (AvgIpc) is 2.46. The quantitative estimate of drug-likeness (QED) is 0.877. The largest absolute Gasteiger partial charge is 0.493 e. The van der Waals surface area contributed by atoms with E-state index in [2.05, 4.69) is 18.3 Å². The van der Waals surface area contributed by atoms with E-state index in [1.54, 1.807) is 6.92 Å². The normalized spacial score (nSPS) is 17.7. The van der Waals surface area contributed by atoms with E-state index in [1.807, 2.05) is 12.1 Å². The third-order valence-electron chi connectivity index (χ3n) is 4.05. The molecule has 0 amide bonds. The highest BCUT2D eigenvalue weighted by Crippen LogP contribution is 2.30. The molecule has 4 nitrogen and oxygen atoms in total. The fraction of sp³-hybridized carbons (Fsp3) is 0.625. The molecule has 1 N–H and O–H groups in total. The molecule has 1 aliphatic heterocycles. The van der Waals surface area contributed by atoms with Crippen molar-refractivity contribution in [2.75, 3.05) is 19.4 Å². The lowest BCUT2D eigenvalue weighted by Gasteiger charge is -2.26. The van der Waals surface area contributed by atoms with Crippen LogP contribution in [0.25, 0.3) is 0 Å². The molecule has 0 spiro atoms. The first-order valence-electron chi connectivity index (χ1n) is 7.61. The molecule has 0 saturated heterocycles. The molecular weight excluding hydrogens is 286 g/mol. The standard InChI is InChI=1S/C16H25NO3S/c1-4-9-17-16(12(2)21(3,18)19)14-7-8-15-13(11-14)6-5-10-20-15/h7-8,11-12,16-17H,4-6,9-10H2,1-3H3. The summed E-state index contributed by atoms with van der Waals surface area (Å²) >= 11 is 0. The van der Waals surface area contributed by atoms with Crippen molar-refractivity contribution in [3.05, 3.63) is 29.3 Å². The smallest absolute Gasteiger partial charge is 0.151 e. The minimum atomic E-state index is -3.10. The summed E-state index contributed by atoms with van der Waals surface area (Å²) in [7, 11) is -3.10. The number of ether oxygens (including phenoxy) is 1. The van der Waals surface area contributed by atoms with Gasteiger partial charge < -0.3 is 10.1 Å². The van der Waals surface area contributed by atoms with Gasteiger partial charge in [-0.05, 0) is 49.9 Å². The van der Waals surface area contributed by atoms with E-state index in [4.69, 9.17) is 4.74 Å². The van der Waals surface area contributed by atoms with Gasteiger partial charge in [0.15, 0.2) is 9.84 Å². The van der Waals surface area contributed by atoms with Crippen LogP contribution in [0.3, 0.4) is 0 Å². The predicted molar refractivity (Wildman–Crippen MR) is 85.6 cm³/mol. The van der Waals surface area contributed by atoms with Crippen LogP contribution < -0.4 is 10.1 Å². The molecule has 2 rings (SSSR count). The molecule has 0 aromatic heterocycles. The Morgan fingerprint density at radius 2 is 2.14 bits per heavy atom. The van der Waals surface area contributed by atoms with Crippen LogP contribution >= 0.6 is 0 Å². The van der Waals surface area contributed by atoms with Crippen molar-refractivity contribution in [1.82, 2.24) is 5.32 Å². The molecule has 0 aliphatic carbocycles. The Balaban J connectivity index is 2.31. The second kappa shape index (κ2) is 6.79. The molecule has 5 heteroatoms. The van der Waals surface area contributed by atoms with Crippen molar-refractivity contribution in [3.8, 4) is 5.75 Å². The van der Waals surface area contributed by atoms with Gasteiger partial charge in [0.25, 0.3) is 0 Å². The van der Waals surface area contributed by atoms with Crippen LogP contribution in [-0.4, -0.2) is 33.1 Å². The fourth-order valence-corrected chi connectivity index (χ4v) is 3.42. The Labute approximate surface area is 127 Å². The number of rotatable bonds is 6. The zero-order chi connectivity index (χ0) is 15.5. The molecule has 21 heavy (non-hydrogen) atoms. The van der Waals surface area contributed by atoms with Crippen molar-refractivity contribution in [2.24, 2.45) is 0 Å². The third-order valence-corrected chi connectivity index (χ3v) is 5.67. The summed E-state index contributed by atoms with van der Waals surface area (Å²) in [6.07, 6.45) is 4.29. The SMILES string of the molecule is CCCNC(c1ccc2c(c1)CCCO2)C(C)S(C)(=O)=O. The highest BCUT2D eigenvalue weighted by molar-refractivity contribution is 7.91. The van der Waals surface area contributed by atoms with Crippen molar-refractivity contribution in [1.29, 1.82) is 0 Å². The number of hydrogen-bond acceptors (Lipinski definition) is 4. The Bertz CT molecular complexity index is 583. The lowest BCUT2D eigenvalue weighted by molar-refractivity contribution is 0.288. The maximum absolute atomic E-state index is 11.9. The highest BCUT2D eigenvalue weighted by atomic mass is 32.2. The molecular formula is C16H25NO3S. The molecule has 0 bridgehead atoms. The molecule has 2 atom stereocenters. The molecule has 0 fully saturated rings. The maximum atomic E-state index is 11.9. The predicted octanol–water partition coefficient (Wildman–Crippen LogP) is 2.49. The Hall–Kier alpha value is -1.07. The first-order valence-corrected chi connectivity index (χ1v) is 9.56. The van der Waals surface area contributed by atoms with Gasteiger partial charge >= 0.3 is 0 Å². The van der Waals surface area contributed by atoms with E-state index < -0.39 is 15.1 Å². The maximum Gasteiger partial charge on any atom is 0.151 e. The van der Waals surface area contributed by atoms with E-state index in [-0.39, 0.29) is 6.04 Å². The number of benzene rings is 1. The molecule has 1 aromatic rings. The third kappa shape index (κ3) is 3.98. The van der Waals surface area contributed by atoms with Crippen LogP contribution in [-0.2, 0) is 16.3 Å². The summed E-state index contributed by atoms with van der Waals surface area (Å²) in [5.41, 5.74) is 2.22. The average molecular weight is 311 g/mol. The molecule has 1 aromatic carbocycles. The second-order valence-corrected chi connectivity index (χ2v) is 8.19. The van der Waals surface area contributed by atoms with Gasteiger partial charge in [0.2, 0.25) is 0 Å². The van der Waals surface area contributed by atoms with Gasteiger partial charge in [0.1, 0.15) is 5.75 Å². The van der Waals surface area contributed by atoms with Gasteiger partial charge in [-0.3, -0.25) is 0 Å². The van der Waals surface area contributed by atoms with Crippen LogP contribution in [0.5, 0.6) is 5.75 Å². The van der Waals surface area contributed by atoms with E-state index in [0.717, 1.165) is 43.7 Å². The van der Waals surface area contributed by atoms with E-state index >= 15 is 0 Å². The lowest BCUT2D eigenvalue weighted by Crippen LogP contribution is -2.35. The first kappa shape index (κ1) is 16.3. The number of nitrogens with one attached hydrogen (secondary N) is 1. The van der Waals surface area contributed by atoms with Gasteiger partial charge in [-0.15, -0.1) is 0 Å². The van der Waals surface area contributed by atoms with Crippen LogP contribution in [0.2, 0.25) is 0 Å². The molecule has 1 heterocycles. The topological polar surface area (TPSA) is 55.4 Å². The lowest BCUT2D eigenvalue weighted by atomic mass is 9.97. The fourth-order valence-electron chi connectivity index (χ4n) is 2.68. The summed E-state index contributed by atoms with van der Waals surface area (Å²) in [6.45, 7) is 5.43. The number of fused-ring (bicyclic) bond motifs is 1. The molecule has 0 radical (unpaired) electrons. The van der Waals surface area contributed by atoms with Gasteiger partial charge in [0, 0.05) is 12.3 Å². The Morgan fingerprint density at radius 1 is 1.38 bits per heavy atom. The number of hydrogen-bond donors (Lipinski definition) is 1. The minimum Gasteiger partial charge on any atom is -0.493 e. The Morgan fingerprint density at radius 3 is 2.81 bits per heavy atom. The Kier molecular flexibility index (Phi) is 5.27. The zero-order valence-electron chi connectivity index (χ0n) is 13.1. The second-order valence-electron chi connectivity index (χ2n) is 5.79. The van der Waals surface area contributed by atoms with Crippen molar-refractivity contribution in [2.45, 2.75) is 44.4 Å². The molecule has 118 valence electrons.